The van der Waals surface area contributed by atoms with E-state index in [2.05, 4.69) is 22.3 Å². The summed E-state index contributed by atoms with van der Waals surface area (Å²) in [5.74, 6) is 0.626. The van der Waals surface area contributed by atoms with Crippen LogP contribution in [0.3, 0.4) is 0 Å². The van der Waals surface area contributed by atoms with E-state index < -0.39 is 15.4 Å². The molecule has 0 amide bonds. The Morgan fingerprint density at radius 1 is 1.00 bits per heavy atom. The molecule has 3 heterocycles. The van der Waals surface area contributed by atoms with Crippen LogP contribution in [0.4, 0.5) is 11.5 Å². The van der Waals surface area contributed by atoms with Crippen LogP contribution >= 0.6 is 0 Å². The second-order valence-electron chi connectivity index (χ2n) is 9.66. The average Bonchev–Trinajstić information content (AvgIpc) is 3.21. The molecule has 0 unspecified atom stereocenters. The number of rotatable bonds is 6. The van der Waals surface area contributed by atoms with Crippen molar-refractivity contribution in [2.75, 3.05) is 11.6 Å². The highest BCUT2D eigenvalue weighted by Gasteiger charge is 2.18. The maximum absolute atomic E-state index is 11.7. The molecule has 8 nitrogen and oxygen atoms in total. The number of aliphatic hydroxyl groups is 1. The normalized spacial score (nSPS) is 12.4. The van der Waals surface area contributed by atoms with E-state index in [1.807, 2.05) is 35.1 Å². The number of hydrogen-bond donors (Lipinski definition) is 2. The lowest BCUT2D eigenvalue weighted by Crippen LogP contribution is -2.26. The van der Waals surface area contributed by atoms with Gasteiger partial charge in [0, 0.05) is 46.1 Å². The molecule has 184 valence electrons. The summed E-state index contributed by atoms with van der Waals surface area (Å²) in [5.41, 5.74) is 3.70. The fourth-order valence-electron chi connectivity index (χ4n) is 4.32. The van der Waals surface area contributed by atoms with E-state index in [1.165, 1.54) is 6.26 Å². The molecule has 0 aliphatic rings. The monoisotopic (exact) mass is 501 g/mol. The summed E-state index contributed by atoms with van der Waals surface area (Å²) in [6, 6.07) is 14.5. The Bertz CT molecular complexity index is 1700. The predicted molar refractivity (Wildman–Crippen MR) is 142 cm³/mol. The van der Waals surface area contributed by atoms with Gasteiger partial charge in [-0.15, -0.1) is 0 Å². The van der Waals surface area contributed by atoms with Crippen LogP contribution in [0.5, 0.6) is 0 Å². The van der Waals surface area contributed by atoms with Crippen molar-refractivity contribution in [2.24, 2.45) is 0 Å². The van der Waals surface area contributed by atoms with Crippen LogP contribution in [0.1, 0.15) is 19.4 Å². The van der Waals surface area contributed by atoms with Crippen LogP contribution in [0.15, 0.2) is 72.0 Å². The van der Waals surface area contributed by atoms with Crippen molar-refractivity contribution in [3.8, 4) is 11.3 Å². The Kier molecular flexibility index (Phi) is 5.77. The second kappa shape index (κ2) is 8.69. The molecule has 2 N–H and O–H groups in total. The van der Waals surface area contributed by atoms with Gasteiger partial charge in [-0.2, -0.15) is 5.10 Å². The summed E-state index contributed by atoms with van der Waals surface area (Å²) in [7, 11) is -3.26. The lowest BCUT2D eigenvalue weighted by atomic mass is 9.98. The van der Waals surface area contributed by atoms with Gasteiger partial charge in [-0.3, -0.25) is 9.67 Å². The number of nitrogens with one attached hydrogen (secondary N) is 1. The fourth-order valence-corrected chi connectivity index (χ4v) is 4.95. The van der Waals surface area contributed by atoms with Gasteiger partial charge in [-0.25, -0.2) is 13.4 Å². The molecule has 36 heavy (non-hydrogen) atoms. The van der Waals surface area contributed by atoms with Gasteiger partial charge >= 0.3 is 0 Å². The van der Waals surface area contributed by atoms with Crippen molar-refractivity contribution in [1.29, 1.82) is 0 Å². The summed E-state index contributed by atoms with van der Waals surface area (Å²) >= 11 is 0. The second-order valence-corrected chi connectivity index (χ2v) is 11.7. The van der Waals surface area contributed by atoms with Crippen molar-refractivity contribution in [3.63, 3.8) is 0 Å². The lowest BCUT2D eigenvalue weighted by molar-refractivity contribution is 0.0591. The molecule has 0 spiro atoms. The number of aromatic nitrogens is 4. The number of nitrogens with zero attached hydrogens (tertiary/aromatic N) is 4. The first-order valence-corrected chi connectivity index (χ1v) is 13.4. The highest BCUT2D eigenvalue weighted by atomic mass is 32.2. The standard InChI is InChI=1S/C27H27N5O3S/c1-17-21(9-10-24-23(17)15-30-32(24)16-27(2,3)33)26-22-13-25(29-14-18(22)11-12-28-26)31-19-5-7-20(8-6-19)36(4,34)35/h5-15,33H,16H2,1-4H3,(H,29,31). The topological polar surface area (TPSA) is 110 Å². The highest BCUT2D eigenvalue weighted by Crippen LogP contribution is 2.34. The molecular weight excluding hydrogens is 474 g/mol. The molecule has 0 saturated carbocycles. The SMILES string of the molecule is Cc1c(-c2nccc3cnc(Nc4ccc(S(C)(=O)=O)cc4)cc23)ccc2c1cnn2CC(C)(C)O. The van der Waals surface area contributed by atoms with E-state index in [-0.39, 0.29) is 4.90 Å². The summed E-state index contributed by atoms with van der Waals surface area (Å²) in [6.07, 6.45) is 6.59. The first-order valence-electron chi connectivity index (χ1n) is 11.5. The Morgan fingerprint density at radius 3 is 2.44 bits per heavy atom. The molecule has 0 radical (unpaired) electrons. The molecule has 0 saturated heterocycles. The maximum atomic E-state index is 11.7. The van der Waals surface area contributed by atoms with Crippen LogP contribution in [0.2, 0.25) is 0 Å². The third-order valence-electron chi connectivity index (χ3n) is 6.09. The van der Waals surface area contributed by atoms with E-state index in [1.54, 1.807) is 50.5 Å². The third kappa shape index (κ3) is 4.67. The number of sulfone groups is 1. The zero-order chi connectivity index (χ0) is 25.7. The molecule has 5 rings (SSSR count). The molecule has 2 aromatic carbocycles. The van der Waals surface area contributed by atoms with Crippen LogP contribution in [-0.2, 0) is 16.4 Å². The van der Waals surface area contributed by atoms with Gasteiger partial charge in [0.15, 0.2) is 9.84 Å². The molecule has 5 aromatic rings. The molecule has 0 aliphatic carbocycles. The number of hydrogen-bond acceptors (Lipinski definition) is 7. The minimum absolute atomic E-state index is 0.266. The van der Waals surface area contributed by atoms with E-state index >= 15 is 0 Å². The molecule has 9 heteroatoms. The third-order valence-corrected chi connectivity index (χ3v) is 7.22. The number of pyridine rings is 2. The predicted octanol–water partition coefficient (Wildman–Crippen LogP) is 4.87. The largest absolute Gasteiger partial charge is 0.389 e. The first kappa shape index (κ1) is 23.9. The van der Waals surface area contributed by atoms with Gasteiger partial charge in [0.2, 0.25) is 0 Å². The molecule has 3 aromatic heterocycles. The van der Waals surface area contributed by atoms with Gasteiger partial charge in [-0.1, -0.05) is 6.07 Å². The van der Waals surface area contributed by atoms with Gasteiger partial charge in [0.1, 0.15) is 5.82 Å². The quantitative estimate of drug-likeness (QED) is 0.341. The van der Waals surface area contributed by atoms with Gasteiger partial charge in [0.05, 0.1) is 34.4 Å². The van der Waals surface area contributed by atoms with Gasteiger partial charge in [-0.05, 0) is 68.8 Å². The summed E-state index contributed by atoms with van der Waals surface area (Å²) < 4.78 is 25.3. The molecule has 0 aliphatic heterocycles. The Labute approximate surface area is 209 Å². The van der Waals surface area contributed by atoms with Crippen LogP contribution < -0.4 is 5.32 Å². The maximum Gasteiger partial charge on any atom is 0.175 e. The van der Waals surface area contributed by atoms with Crippen molar-refractivity contribution >= 4 is 43.0 Å². The van der Waals surface area contributed by atoms with Crippen LogP contribution in [-0.4, -0.2) is 45.1 Å². The number of benzene rings is 2. The Hall–Kier alpha value is -3.82. The minimum atomic E-state index is -3.26. The minimum Gasteiger partial charge on any atom is -0.389 e. The zero-order valence-electron chi connectivity index (χ0n) is 20.5. The van der Waals surface area contributed by atoms with Crippen molar-refractivity contribution in [3.05, 3.63) is 72.7 Å². The number of anilines is 2. The van der Waals surface area contributed by atoms with Crippen molar-refractivity contribution < 1.29 is 13.5 Å². The van der Waals surface area contributed by atoms with Crippen LogP contribution in [0, 0.1) is 6.92 Å². The molecule has 0 bridgehead atoms. The zero-order valence-corrected chi connectivity index (χ0v) is 21.3. The number of aryl methyl sites for hydroxylation is 1. The van der Waals surface area contributed by atoms with Crippen molar-refractivity contribution in [1.82, 2.24) is 19.7 Å². The van der Waals surface area contributed by atoms with E-state index in [4.69, 9.17) is 4.98 Å². The summed E-state index contributed by atoms with van der Waals surface area (Å²) in [4.78, 5) is 9.50. The molecular formula is C27H27N5O3S. The highest BCUT2D eigenvalue weighted by molar-refractivity contribution is 7.90. The number of fused-ring (bicyclic) bond motifs is 2. The first-order chi connectivity index (χ1) is 17.0. The lowest BCUT2D eigenvalue weighted by Gasteiger charge is -2.18. The Morgan fingerprint density at radius 2 is 1.75 bits per heavy atom. The van der Waals surface area contributed by atoms with E-state index in [0.29, 0.717) is 12.4 Å². The van der Waals surface area contributed by atoms with Crippen molar-refractivity contribution in [2.45, 2.75) is 37.8 Å². The van der Waals surface area contributed by atoms with Crippen LogP contribution in [0.25, 0.3) is 32.9 Å². The van der Waals surface area contributed by atoms with Gasteiger partial charge < -0.3 is 10.4 Å². The molecule has 0 fully saturated rings. The van der Waals surface area contributed by atoms with Gasteiger partial charge in [0.25, 0.3) is 0 Å². The van der Waals surface area contributed by atoms with E-state index in [9.17, 15) is 13.5 Å². The molecule has 0 atom stereocenters. The summed E-state index contributed by atoms with van der Waals surface area (Å²) in [5, 5.41) is 20.9. The fraction of sp³-hybridized carbons (Fsp3) is 0.222. The average molecular weight is 502 g/mol. The van der Waals surface area contributed by atoms with E-state index in [0.717, 1.165) is 44.2 Å². The smallest absolute Gasteiger partial charge is 0.175 e. The summed E-state index contributed by atoms with van der Waals surface area (Å²) in [6.45, 7) is 5.98. The Balaban J connectivity index is 1.54.